The van der Waals surface area contributed by atoms with E-state index < -0.39 is 10.2 Å². The van der Waals surface area contributed by atoms with Gasteiger partial charge in [-0.3, -0.25) is 4.99 Å². The van der Waals surface area contributed by atoms with Crippen molar-refractivity contribution < 1.29 is 33.6 Å². The van der Waals surface area contributed by atoms with E-state index in [-0.39, 0.29) is 5.41 Å². The highest BCUT2D eigenvalue weighted by atomic mass is 35.7. The van der Waals surface area contributed by atoms with Crippen molar-refractivity contribution in [1.82, 2.24) is 0 Å². The number of likely N-dealkylation sites (N-methyl/N-ethyl adjacent to an activating group) is 1. The van der Waals surface area contributed by atoms with Crippen molar-refractivity contribution in [3.63, 3.8) is 0 Å². The Morgan fingerprint density at radius 3 is 2.10 bits per heavy atom. The Hall–Kier alpha value is -3.40. The molecule has 0 N–H and O–H groups in total. The van der Waals surface area contributed by atoms with Gasteiger partial charge in [0, 0.05) is 50.2 Å². The van der Waals surface area contributed by atoms with Crippen molar-refractivity contribution in [3.8, 4) is 5.75 Å². The van der Waals surface area contributed by atoms with Crippen LogP contribution in [0.25, 0.3) is 5.57 Å². The predicted molar refractivity (Wildman–Crippen MR) is 146 cm³/mol. The minimum absolute atomic E-state index is 0.162. The van der Waals surface area contributed by atoms with Crippen LogP contribution in [0.5, 0.6) is 5.75 Å². The summed E-state index contributed by atoms with van der Waals surface area (Å²) in [7, 11) is 3.07. The summed E-state index contributed by atoms with van der Waals surface area (Å²) in [4.78, 5) is 8.98. The number of aliphatic imine (C=N–C) groups is 1. The summed E-state index contributed by atoms with van der Waals surface area (Å²) < 4.78 is 39.5. The molecule has 0 saturated heterocycles. The average molecular weight is 553 g/mol. The fraction of sp³-hybridized carbons (Fsp3) is 0.300. The van der Waals surface area contributed by atoms with Gasteiger partial charge in [-0.2, -0.15) is 0 Å². The second kappa shape index (κ2) is 12.2. The summed E-state index contributed by atoms with van der Waals surface area (Å²) in [5.74, 6) is 0.889. The van der Waals surface area contributed by atoms with Gasteiger partial charge < -0.3 is 14.5 Å². The maximum atomic E-state index is 8.49. The van der Waals surface area contributed by atoms with Crippen LogP contribution in [-0.4, -0.2) is 40.5 Å². The number of fused-ring (bicyclic) bond motifs is 1. The van der Waals surface area contributed by atoms with Crippen molar-refractivity contribution in [3.05, 3.63) is 95.2 Å². The minimum atomic E-state index is -4.94. The quantitative estimate of drug-likeness (QED) is 0.553. The van der Waals surface area contributed by atoms with Gasteiger partial charge in [-0.15, -0.1) is 10.2 Å². The summed E-state index contributed by atoms with van der Waals surface area (Å²) in [5.41, 5.74) is 9.35. The van der Waals surface area contributed by atoms with Crippen LogP contribution in [0.15, 0.2) is 89.1 Å². The number of nitrogens with zero attached hydrogens (tertiary/aromatic N) is 3. The number of rotatable bonds is 5. The minimum Gasteiger partial charge on any atom is -0.497 e. The summed E-state index contributed by atoms with van der Waals surface area (Å²) in [6, 6.07) is 15.1. The van der Waals surface area contributed by atoms with Crippen molar-refractivity contribution in [1.29, 1.82) is 0 Å². The highest BCUT2D eigenvalue weighted by molar-refractivity contribution is 6.07. The summed E-state index contributed by atoms with van der Waals surface area (Å²) in [6.07, 6.45) is 10.9. The van der Waals surface area contributed by atoms with Gasteiger partial charge >= 0.3 is 0 Å². The number of ether oxygens (including phenoxy) is 1. The standard InChI is InChI=1S/C30H35N3O.ClHO4/c1-8-31-23-13-9-21(10-14-23)26(22-11-15-24(16-12-22)32(4)5)20-29-30(2,3)27-19-25(34-7)17-18-28(27)33(29)6;2-1(3,4)5/h9-20H,8H2,1-7H3;(H,2,3,4,5)/p-1. The van der Waals surface area contributed by atoms with Crippen LogP contribution in [-0.2, 0) is 5.41 Å². The maximum absolute atomic E-state index is 8.49. The molecule has 208 valence electrons. The molecule has 0 unspecified atom stereocenters. The van der Waals surface area contributed by atoms with Gasteiger partial charge in [0.15, 0.2) is 0 Å². The van der Waals surface area contributed by atoms with Gasteiger partial charge in [-0.1, -0.05) is 38.1 Å². The van der Waals surface area contributed by atoms with Crippen LogP contribution in [0, 0.1) is 10.2 Å². The molecule has 0 bridgehead atoms. The Kier molecular flexibility index (Phi) is 9.43. The Morgan fingerprint density at radius 1 is 1.00 bits per heavy atom. The zero-order valence-electron chi connectivity index (χ0n) is 23.4. The zero-order chi connectivity index (χ0) is 29.0. The number of halogens is 1. The van der Waals surface area contributed by atoms with Crippen LogP contribution in [0.4, 0.5) is 11.4 Å². The number of hydrogen-bond acceptors (Lipinski definition) is 8. The molecule has 2 aliphatic rings. The molecule has 0 radical (unpaired) electrons. The highest BCUT2D eigenvalue weighted by Crippen LogP contribution is 2.49. The van der Waals surface area contributed by atoms with E-state index in [1.165, 1.54) is 39.3 Å². The Bertz CT molecular complexity index is 1310. The lowest BCUT2D eigenvalue weighted by Gasteiger charge is -2.25. The lowest BCUT2D eigenvalue weighted by molar-refractivity contribution is -2.00. The molecule has 0 saturated carbocycles. The van der Waals surface area contributed by atoms with E-state index >= 15 is 0 Å². The van der Waals surface area contributed by atoms with Crippen molar-refractivity contribution in [2.24, 2.45) is 4.99 Å². The van der Waals surface area contributed by atoms with Crippen LogP contribution >= 0.6 is 0 Å². The Morgan fingerprint density at radius 2 is 1.59 bits per heavy atom. The van der Waals surface area contributed by atoms with Crippen LogP contribution in [0.2, 0.25) is 0 Å². The molecule has 0 atom stereocenters. The Balaban J connectivity index is 0.000000771. The number of benzene rings is 2. The lowest BCUT2D eigenvalue weighted by Crippen LogP contribution is -2.68. The molecule has 0 fully saturated rings. The van der Waals surface area contributed by atoms with E-state index in [9.17, 15) is 0 Å². The first-order valence-corrected chi connectivity index (χ1v) is 13.7. The molecular weight excluding hydrogens is 518 g/mol. The molecule has 0 amide bonds. The number of methoxy groups -OCH3 is 1. The zero-order valence-corrected chi connectivity index (χ0v) is 24.2. The molecule has 1 aliphatic heterocycles. The first-order valence-electron chi connectivity index (χ1n) is 12.4. The molecule has 0 aromatic heterocycles. The smallest absolute Gasteiger partial charge is 0.119 e. The van der Waals surface area contributed by atoms with Gasteiger partial charge in [0.05, 0.1) is 12.8 Å². The number of hydrogen-bond donors (Lipinski definition) is 0. The summed E-state index contributed by atoms with van der Waals surface area (Å²) in [6.45, 7) is 7.42. The predicted octanol–water partition coefficient (Wildman–Crippen LogP) is 1.66. The molecule has 2 aromatic rings. The van der Waals surface area contributed by atoms with E-state index in [0.717, 1.165) is 18.0 Å². The maximum Gasteiger partial charge on any atom is 0.119 e. The van der Waals surface area contributed by atoms with E-state index in [1.54, 1.807) is 7.11 Å². The van der Waals surface area contributed by atoms with Gasteiger partial charge in [0.25, 0.3) is 0 Å². The fourth-order valence-corrected chi connectivity index (χ4v) is 4.74. The number of anilines is 2. The van der Waals surface area contributed by atoms with Gasteiger partial charge in [-0.25, -0.2) is 18.6 Å². The molecule has 2 aromatic carbocycles. The van der Waals surface area contributed by atoms with Crippen LogP contribution < -0.4 is 33.2 Å². The van der Waals surface area contributed by atoms with E-state index in [0.29, 0.717) is 0 Å². The molecule has 1 heterocycles. The summed E-state index contributed by atoms with van der Waals surface area (Å²) >= 11 is 0. The third-order valence-corrected chi connectivity index (χ3v) is 6.73. The molecule has 8 nitrogen and oxygen atoms in total. The van der Waals surface area contributed by atoms with Crippen molar-refractivity contribution in [2.75, 3.05) is 44.6 Å². The number of allylic oxidation sites excluding steroid dienone is 8. The molecule has 39 heavy (non-hydrogen) atoms. The SMILES string of the molecule is CCN=C1C=CC(=C(C=C2N(C)c3ccc(OC)cc3C2(C)C)c2ccc(N(C)C)cc2)C=C1.[O-][Cl+3]([O-])([O-])[O-]. The Labute approximate surface area is 232 Å². The molecule has 0 spiro atoms. The monoisotopic (exact) mass is 552 g/mol. The van der Waals surface area contributed by atoms with Crippen molar-refractivity contribution in [2.45, 2.75) is 26.2 Å². The molecule has 1 aliphatic carbocycles. The first-order chi connectivity index (χ1) is 18.3. The fourth-order valence-electron chi connectivity index (χ4n) is 4.74. The molecule has 9 heteroatoms. The lowest BCUT2D eigenvalue weighted by atomic mass is 9.82. The van der Waals surface area contributed by atoms with Crippen LogP contribution in [0.3, 0.4) is 0 Å². The first kappa shape index (κ1) is 30.1. The van der Waals surface area contributed by atoms with Gasteiger partial charge in [0.1, 0.15) is 5.75 Å². The largest absolute Gasteiger partial charge is 0.497 e. The third kappa shape index (κ3) is 7.38. The van der Waals surface area contributed by atoms with Gasteiger partial charge in [-0.05, 0) is 77.8 Å². The average Bonchev–Trinajstić information content (AvgIpc) is 3.06. The molecular formula is C30H35ClN3O5-. The highest BCUT2D eigenvalue weighted by Gasteiger charge is 2.39. The van der Waals surface area contributed by atoms with Crippen LogP contribution in [0.1, 0.15) is 31.9 Å². The van der Waals surface area contributed by atoms with Gasteiger partial charge in [0.2, 0.25) is 0 Å². The summed E-state index contributed by atoms with van der Waals surface area (Å²) in [5, 5.41) is 0. The topological polar surface area (TPSA) is 120 Å². The normalized spacial score (nSPS) is 16.6. The van der Waals surface area contributed by atoms with Crippen molar-refractivity contribution >= 4 is 22.7 Å². The second-order valence-corrected chi connectivity index (χ2v) is 10.6. The second-order valence-electron chi connectivity index (χ2n) is 9.85. The third-order valence-electron chi connectivity index (χ3n) is 6.73. The van der Waals surface area contributed by atoms with E-state index in [1.807, 2.05) is 6.07 Å². The molecule has 4 rings (SSSR count). The van der Waals surface area contributed by atoms with E-state index in [2.05, 4.69) is 123 Å². The van der Waals surface area contributed by atoms with E-state index in [4.69, 9.17) is 23.4 Å².